The van der Waals surface area contributed by atoms with Gasteiger partial charge in [0.25, 0.3) is 5.91 Å². The molecule has 0 aromatic carbocycles. The van der Waals surface area contributed by atoms with Crippen LogP contribution in [0.2, 0.25) is 0 Å². The predicted molar refractivity (Wildman–Crippen MR) is 82.9 cm³/mol. The van der Waals surface area contributed by atoms with Crippen LogP contribution in [0.4, 0.5) is 0 Å². The van der Waals surface area contributed by atoms with Crippen LogP contribution in [-0.4, -0.2) is 53.7 Å². The summed E-state index contributed by atoms with van der Waals surface area (Å²) in [4.78, 5) is 18.4. The van der Waals surface area contributed by atoms with Crippen LogP contribution in [0.25, 0.3) is 0 Å². The molecule has 5 heteroatoms. The van der Waals surface area contributed by atoms with Gasteiger partial charge in [0.15, 0.2) is 0 Å². The third kappa shape index (κ3) is 5.94. The number of hydrogen-bond acceptors (Lipinski definition) is 4. The maximum atomic E-state index is 12.2. The largest absolute Gasteiger partial charge is 0.384 e. The molecule has 1 aromatic heterocycles. The standard InChI is InChI=1S/C16H23N3O2/c1-3-10-19(4-2)11-9-18-16(21)15-7-8-17-13-14(15)6-5-12-20/h7-8,13,20H,3-4,9-12H2,1-2H3,(H,18,21). The zero-order valence-corrected chi connectivity index (χ0v) is 12.7. The first-order valence-corrected chi connectivity index (χ1v) is 7.27. The Morgan fingerprint density at radius 3 is 2.90 bits per heavy atom. The summed E-state index contributed by atoms with van der Waals surface area (Å²) in [6.07, 6.45) is 4.20. The second-order valence-electron chi connectivity index (χ2n) is 4.57. The van der Waals surface area contributed by atoms with Crippen molar-refractivity contribution in [1.29, 1.82) is 0 Å². The third-order valence-electron chi connectivity index (χ3n) is 3.07. The average molecular weight is 289 g/mol. The molecule has 0 radical (unpaired) electrons. The van der Waals surface area contributed by atoms with Crippen LogP contribution in [0, 0.1) is 11.8 Å². The Hall–Kier alpha value is -1.90. The molecule has 21 heavy (non-hydrogen) atoms. The molecule has 0 fully saturated rings. The van der Waals surface area contributed by atoms with Gasteiger partial charge in [-0.25, -0.2) is 0 Å². The summed E-state index contributed by atoms with van der Waals surface area (Å²) in [6.45, 7) is 7.47. The lowest BCUT2D eigenvalue weighted by atomic mass is 10.1. The highest BCUT2D eigenvalue weighted by Gasteiger charge is 2.10. The van der Waals surface area contributed by atoms with E-state index in [0.717, 1.165) is 26.1 Å². The van der Waals surface area contributed by atoms with Gasteiger partial charge in [-0.15, -0.1) is 0 Å². The van der Waals surface area contributed by atoms with Crippen molar-refractivity contribution < 1.29 is 9.90 Å². The van der Waals surface area contributed by atoms with Crippen molar-refractivity contribution in [3.05, 3.63) is 29.6 Å². The lowest BCUT2D eigenvalue weighted by molar-refractivity contribution is 0.0948. The number of pyridine rings is 1. The van der Waals surface area contributed by atoms with Crippen LogP contribution in [0.5, 0.6) is 0 Å². The molecular weight excluding hydrogens is 266 g/mol. The minimum absolute atomic E-state index is 0.160. The molecule has 1 heterocycles. The van der Waals surface area contributed by atoms with E-state index in [-0.39, 0.29) is 12.5 Å². The first kappa shape index (κ1) is 17.2. The van der Waals surface area contributed by atoms with Crippen LogP contribution < -0.4 is 5.32 Å². The number of hydrogen-bond donors (Lipinski definition) is 2. The van der Waals surface area contributed by atoms with Gasteiger partial charge in [-0.2, -0.15) is 0 Å². The summed E-state index contributed by atoms with van der Waals surface area (Å²) in [5.74, 6) is 5.12. The maximum absolute atomic E-state index is 12.2. The molecule has 0 aliphatic rings. The SMILES string of the molecule is CCCN(CC)CCNC(=O)c1ccncc1C#CCO. The summed E-state index contributed by atoms with van der Waals surface area (Å²) < 4.78 is 0. The smallest absolute Gasteiger partial charge is 0.252 e. The molecule has 2 N–H and O–H groups in total. The van der Waals surface area contributed by atoms with Crippen LogP contribution in [-0.2, 0) is 0 Å². The van der Waals surface area contributed by atoms with E-state index in [1.165, 1.54) is 6.20 Å². The number of aliphatic hydroxyl groups excluding tert-OH is 1. The number of nitrogens with one attached hydrogen (secondary N) is 1. The van der Waals surface area contributed by atoms with Gasteiger partial charge in [0, 0.05) is 25.5 Å². The molecule has 1 amide bonds. The van der Waals surface area contributed by atoms with E-state index >= 15 is 0 Å². The second-order valence-corrected chi connectivity index (χ2v) is 4.57. The molecule has 0 aliphatic carbocycles. The van der Waals surface area contributed by atoms with Crippen LogP contribution >= 0.6 is 0 Å². The summed E-state index contributed by atoms with van der Waals surface area (Å²) >= 11 is 0. The number of aromatic nitrogens is 1. The van der Waals surface area contributed by atoms with E-state index in [1.54, 1.807) is 12.3 Å². The Balaban J connectivity index is 2.60. The molecule has 1 aromatic rings. The molecule has 0 saturated carbocycles. The molecule has 0 bridgehead atoms. The topological polar surface area (TPSA) is 65.5 Å². The minimum atomic E-state index is -0.238. The summed E-state index contributed by atoms with van der Waals surface area (Å²) in [7, 11) is 0. The normalized spacial score (nSPS) is 10.1. The highest BCUT2D eigenvalue weighted by atomic mass is 16.2. The maximum Gasteiger partial charge on any atom is 0.252 e. The highest BCUT2D eigenvalue weighted by molar-refractivity contribution is 5.96. The van der Waals surface area contributed by atoms with Gasteiger partial charge in [0.2, 0.25) is 0 Å². The predicted octanol–water partition coefficient (Wildman–Crippen LogP) is 0.887. The molecule has 0 saturated heterocycles. The molecule has 0 unspecified atom stereocenters. The Morgan fingerprint density at radius 1 is 1.43 bits per heavy atom. The number of carbonyl (C=O) groups excluding carboxylic acids is 1. The Labute approximate surface area is 126 Å². The van der Waals surface area contributed by atoms with Gasteiger partial charge in [0.05, 0.1) is 11.1 Å². The fraction of sp³-hybridized carbons (Fsp3) is 0.500. The molecule has 0 aliphatic heterocycles. The molecule has 1 rings (SSSR count). The number of aliphatic hydroxyl groups is 1. The molecule has 0 atom stereocenters. The van der Waals surface area contributed by atoms with E-state index in [2.05, 4.69) is 40.9 Å². The van der Waals surface area contributed by atoms with Gasteiger partial charge >= 0.3 is 0 Å². The molecule has 0 spiro atoms. The van der Waals surface area contributed by atoms with Crippen molar-refractivity contribution in [2.45, 2.75) is 20.3 Å². The number of carbonyl (C=O) groups is 1. The summed E-state index contributed by atoms with van der Waals surface area (Å²) in [5, 5.41) is 11.6. The lowest BCUT2D eigenvalue weighted by Crippen LogP contribution is -2.35. The Bertz CT molecular complexity index is 506. The van der Waals surface area contributed by atoms with Crippen LogP contribution in [0.3, 0.4) is 0 Å². The van der Waals surface area contributed by atoms with Gasteiger partial charge in [-0.3, -0.25) is 9.78 Å². The van der Waals surface area contributed by atoms with Gasteiger partial charge in [0.1, 0.15) is 6.61 Å². The highest BCUT2D eigenvalue weighted by Crippen LogP contribution is 2.05. The van der Waals surface area contributed by atoms with Crippen molar-refractivity contribution in [3.63, 3.8) is 0 Å². The summed E-state index contributed by atoms with van der Waals surface area (Å²) in [5.41, 5.74) is 1.02. The first-order valence-electron chi connectivity index (χ1n) is 7.27. The zero-order chi connectivity index (χ0) is 15.5. The van der Waals surface area contributed by atoms with Crippen molar-refractivity contribution in [1.82, 2.24) is 15.2 Å². The van der Waals surface area contributed by atoms with E-state index in [0.29, 0.717) is 17.7 Å². The van der Waals surface area contributed by atoms with Crippen molar-refractivity contribution >= 4 is 5.91 Å². The van der Waals surface area contributed by atoms with Gasteiger partial charge < -0.3 is 15.3 Å². The first-order chi connectivity index (χ1) is 10.2. The van der Waals surface area contributed by atoms with Crippen molar-refractivity contribution in [2.24, 2.45) is 0 Å². The van der Waals surface area contributed by atoms with Crippen molar-refractivity contribution in [3.8, 4) is 11.8 Å². The lowest BCUT2D eigenvalue weighted by Gasteiger charge is -2.19. The third-order valence-corrected chi connectivity index (χ3v) is 3.07. The van der Waals surface area contributed by atoms with E-state index in [9.17, 15) is 4.79 Å². The quantitative estimate of drug-likeness (QED) is 0.732. The van der Waals surface area contributed by atoms with Gasteiger partial charge in [-0.1, -0.05) is 25.7 Å². The van der Waals surface area contributed by atoms with Crippen molar-refractivity contribution in [2.75, 3.05) is 32.8 Å². The van der Waals surface area contributed by atoms with E-state index in [1.807, 2.05) is 0 Å². The monoisotopic (exact) mass is 289 g/mol. The zero-order valence-electron chi connectivity index (χ0n) is 12.7. The van der Waals surface area contributed by atoms with E-state index < -0.39 is 0 Å². The molecule has 5 nitrogen and oxygen atoms in total. The number of likely N-dealkylation sites (N-methyl/N-ethyl adjacent to an activating group) is 1. The Kier molecular flexibility index (Phi) is 8.10. The fourth-order valence-electron chi connectivity index (χ4n) is 1.99. The summed E-state index contributed by atoms with van der Waals surface area (Å²) in [6, 6.07) is 1.64. The van der Waals surface area contributed by atoms with Crippen LogP contribution in [0.15, 0.2) is 18.5 Å². The second kappa shape index (κ2) is 9.92. The average Bonchev–Trinajstić information content (AvgIpc) is 2.52. The van der Waals surface area contributed by atoms with Crippen LogP contribution in [0.1, 0.15) is 36.2 Å². The number of rotatable bonds is 7. The number of amides is 1. The Morgan fingerprint density at radius 2 is 2.24 bits per heavy atom. The van der Waals surface area contributed by atoms with Gasteiger partial charge in [-0.05, 0) is 25.6 Å². The molecular formula is C16H23N3O2. The molecule has 114 valence electrons. The fourth-order valence-corrected chi connectivity index (χ4v) is 1.99. The minimum Gasteiger partial charge on any atom is -0.384 e. The number of nitrogens with zero attached hydrogens (tertiary/aromatic N) is 2. The van der Waals surface area contributed by atoms with E-state index in [4.69, 9.17) is 5.11 Å².